The Bertz CT molecular complexity index is 566. The van der Waals surface area contributed by atoms with Gasteiger partial charge in [0.15, 0.2) is 5.82 Å². The molecular weight excluding hydrogens is 253 g/mol. The average Bonchev–Trinajstić information content (AvgIpc) is 2.99. The lowest BCUT2D eigenvalue weighted by molar-refractivity contribution is 0.421. The number of aromatic nitrogens is 2. The number of nitrogen functional groups attached to an aromatic ring is 1. The first-order valence-electron chi connectivity index (χ1n) is 5.74. The average molecular weight is 265 g/mol. The highest BCUT2D eigenvalue weighted by molar-refractivity contribution is 7.99. The van der Waals surface area contributed by atoms with Crippen LogP contribution >= 0.6 is 11.8 Å². The summed E-state index contributed by atoms with van der Waals surface area (Å²) in [5, 5.41) is 4.29. The monoisotopic (exact) mass is 265 g/mol. The summed E-state index contributed by atoms with van der Waals surface area (Å²) in [5.74, 6) is 1.82. The van der Waals surface area contributed by atoms with E-state index in [0.29, 0.717) is 28.2 Å². The minimum absolute atomic E-state index is 0.309. The molecule has 1 aliphatic heterocycles. The van der Waals surface area contributed by atoms with Gasteiger partial charge in [0.1, 0.15) is 5.82 Å². The number of halogens is 1. The van der Waals surface area contributed by atoms with Crippen molar-refractivity contribution in [3.8, 4) is 11.5 Å². The van der Waals surface area contributed by atoms with E-state index in [2.05, 4.69) is 10.1 Å². The summed E-state index contributed by atoms with van der Waals surface area (Å²) in [4.78, 5) is 4.35. The van der Waals surface area contributed by atoms with Gasteiger partial charge in [-0.05, 0) is 36.8 Å². The SMILES string of the molecule is Nc1cc(F)ccc1-c1nc(C2CCCS2)no1. The van der Waals surface area contributed by atoms with Crippen molar-refractivity contribution in [3.05, 3.63) is 29.8 Å². The Morgan fingerprint density at radius 3 is 3.06 bits per heavy atom. The fourth-order valence-electron chi connectivity index (χ4n) is 1.98. The zero-order valence-corrected chi connectivity index (χ0v) is 10.4. The van der Waals surface area contributed by atoms with Gasteiger partial charge >= 0.3 is 0 Å². The third kappa shape index (κ3) is 2.08. The zero-order chi connectivity index (χ0) is 12.5. The molecule has 18 heavy (non-hydrogen) atoms. The molecule has 0 spiro atoms. The summed E-state index contributed by atoms with van der Waals surface area (Å²) < 4.78 is 18.2. The molecule has 0 saturated carbocycles. The van der Waals surface area contributed by atoms with E-state index in [9.17, 15) is 4.39 Å². The normalized spacial score (nSPS) is 19.3. The second-order valence-electron chi connectivity index (χ2n) is 4.19. The van der Waals surface area contributed by atoms with Crippen LogP contribution in [0.25, 0.3) is 11.5 Å². The first kappa shape index (κ1) is 11.5. The zero-order valence-electron chi connectivity index (χ0n) is 9.60. The van der Waals surface area contributed by atoms with Crippen LogP contribution in [-0.4, -0.2) is 15.9 Å². The summed E-state index contributed by atoms with van der Waals surface area (Å²) in [7, 11) is 0. The largest absolute Gasteiger partial charge is 0.398 e. The van der Waals surface area contributed by atoms with Crippen LogP contribution < -0.4 is 5.73 Å². The van der Waals surface area contributed by atoms with Crippen molar-refractivity contribution in [1.82, 2.24) is 10.1 Å². The van der Waals surface area contributed by atoms with Crippen molar-refractivity contribution in [2.24, 2.45) is 0 Å². The summed E-state index contributed by atoms with van der Waals surface area (Å²) in [6.45, 7) is 0. The quantitative estimate of drug-likeness (QED) is 0.845. The predicted molar refractivity (Wildman–Crippen MR) is 68.5 cm³/mol. The van der Waals surface area contributed by atoms with Gasteiger partial charge in [-0.3, -0.25) is 0 Å². The number of hydrogen-bond donors (Lipinski definition) is 1. The van der Waals surface area contributed by atoms with Crippen LogP contribution in [-0.2, 0) is 0 Å². The Morgan fingerprint density at radius 1 is 1.44 bits per heavy atom. The topological polar surface area (TPSA) is 64.9 Å². The van der Waals surface area contributed by atoms with Gasteiger partial charge in [-0.25, -0.2) is 4.39 Å². The van der Waals surface area contributed by atoms with Crippen LogP contribution in [0.5, 0.6) is 0 Å². The summed E-state index contributed by atoms with van der Waals surface area (Å²) in [6.07, 6.45) is 2.25. The van der Waals surface area contributed by atoms with Crippen LogP contribution in [0.15, 0.2) is 22.7 Å². The van der Waals surface area contributed by atoms with Crippen molar-refractivity contribution in [3.63, 3.8) is 0 Å². The van der Waals surface area contributed by atoms with Crippen molar-refractivity contribution in [2.45, 2.75) is 18.1 Å². The molecule has 1 aromatic carbocycles. The molecule has 2 heterocycles. The molecule has 2 N–H and O–H groups in total. The highest BCUT2D eigenvalue weighted by Gasteiger charge is 2.23. The van der Waals surface area contributed by atoms with Crippen LogP contribution in [0.1, 0.15) is 23.9 Å². The third-order valence-electron chi connectivity index (χ3n) is 2.90. The lowest BCUT2D eigenvalue weighted by atomic mass is 10.2. The number of rotatable bonds is 2. The van der Waals surface area contributed by atoms with E-state index in [1.807, 2.05) is 11.8 Å². The second kappa shape index (κ2) is 4.61. The molecule has 1 saturated heterocycles. The maximum absolute atomic E-state index is 13.0. The van der Waals surface area contributed by atoms with E-state index < -0.39 is 0 Å². The Hall–Kier alpha value is -1.56. The van der Waals surface area contributed by atoms with Gasteiger partial charge in [-0.15, -0.1) is 0 Å². The highest BCUT2D eigenvalue weighted by atomic mass is 32.2. The molecule has 4 nitrogen and oxygen atoms in total. The van der Waals surface area contributed by atoms with Gasteiger partial charge < -0.3 is 10.3 Å². The summed E-state index contributed by atoms with van der Waals surface area (Å²) >= 11 is 1.83. The van der Waals surface area contributed by atoms with Crippen LogP contribution in [0.2, 0.25) is 0 Å². The fraction of sp³-hybridized carbons (Fsp3) is 0.333. The first-order chi connectivity index (χ1) is 8.74. The number of benzene rings is 1. The Kier molecular flexibility index (Phi) is 2.95. The molecule has 1 fully saturated rings. The summed E-state index contributed by atoms with van der Waals surface area (Å²) in [6, 6.07) is 4.15. The van der Waals surface area contributed by atoms with E-state index in [0.717, 1.165) is 12.2 Å². The van der Waals surface area contributed by atoms with E-state index >= 15 is 0 Å². The molecule has 3 rings (SSSR count). The number of thioether (sulfide) groups is 1. The molecule has 1 atom stereocenters. The second-order valence-corrected chi connectivity index (χ2v) is 5.50. The van der Waals surface area contributed by atoms with Crippen LogP contribution in [0, 0.1) is 5.82 Å². The van der Waals surface area contributed by atoms with Crippen molar-refractivity contribution >= 4 is 17.4 Å². The molecule has 2 aromatic rings. The Balaban J connectivity index is 1.92. The van der Waals surface area contributed by atoms with Crippen LogP contribution in [0.4, 0.5) is 10.1 Å². The predicted octanol–water partition coefficient (Wildman–Crippen LogP) is 3.03. The highest BCUT2D eigenvalue weighted by Crippen LogP contribution is 2.39. The van der Waals surface area contributed by atoms with E-state index in [1.54, 1.807) is 6.07 Å². The molecule has 0 bridgehead atoms. The molecule has 94 valence electrons. The van der Waals surface area contributed by atoms with Gasteiger partial charge in [0.25, 0.3) is 5.89 Å². The number of hydrogen-bond acceptors (Lipinski definition) is 5. The lowest BCUT2D eigenvalue weighted by Gasteiger charge is -2.00. The molecule has 1 unspecified atom stereocenters. The Labute approximate surface area is 108 Å². The van der Waals surface area contributed by atoms with Crippen molar-refractivity contribution < 1.29 is 8.91 Å². The number of nitrogens with zero attached hydrogens (tertiary/aromatic N) is 2. The van der Waals surface area contributed by atoms with Crippen molar-refractivity contribution in [1.29, 1.82) is 0 Å². The molecule has 1 aromatic heterocycles. The molecule has 1 aliphatic rings. The minimum atomic E-state index is -0.373. The van der Waals surface area contributed by atoms with Gasteiger partial charge in [0.05, 0.1) is 10.8 Å². The molecule has 0 aliphatic carbocycles. The maximum atomic E-state index is 13.0. The van der Waals surface area contributed by atoms with Crippen molar-refractivity contribution in [2.75, 3.05) is 11.5 Å². The number of anilines is 1. The molecule has 0 amide bonds. The van der Waals surface area contributed by atoms with Gasteiger partial charge in [-0.2, -0.15) is 16.7 Å². The third-order valence-corrected chi connectivity index (χ3v) is 4.28. The van der Waals surface area contributed by atoms with Crippen LogP contribution in [0.3, 0.4) is 0 Å². The molecular formula is C12H12FN3OS. The molecule has 6 heteroatoms. The smallest absolute Gasteiger partial charge is 0.260 e. The van der Waals surface area contributed by atoms with E-state index in [1.165, 1.54) is 18.6 Å². The fourth-order valence-corrected chi connectivity index (χ4v) is 3.18. The molecule has 0 radical (unpaired) electrons. The van der Waals surface area contributed by atoms with E-state index in [4.69, 9.17) is 10.3 Å². The van der Waals surface area contributed by atoms with Gasteiger partial charge in [0.2, 0.25) is 0 Å². The van der Waals surface area contributed by atoms with E-state index in [-0.39, 0.29) is 5.82 Å². The maximum Gasteiger partial charge on any atom is 0.260 e. The lowest BCUT2D eigenvalue weighted by Crippen LogP contribution is -1.93. The van der Waals surface area contributed by atoms with Gasteiger partial charge in [0, 0.05) is 5.69 Å². The first-order valence-corrected chi connectivity index (χ1v) is 6.79. The standard InChI is InChI=1S/C12H12FN3OS/c13-7-3-4-8(9(14)6-7)12-15-11(16-17-12)10-2-1-5-18-10/h3-4,6,10H,1-2,5,14H2. The summed E-state index contributed by atoms with van der Waals surface area (Å²) in [5.41, 5.74) is 6.63. The van der Waals surface area contributed by atoms with Gasteiger partial charge in [-0.1, -0.05) is 5.16 Å². The Morgan fingerprint density at radius 2 is 2.33 bits per heavy atom. The number of nitrogens with two attached hydrogens (primary N) is 1. The minimum Gasteiger partial charge on any atom is -0.398 e.